The SMILES string of the molecule is Cc1cc(C)c(CNc2ccc([N+](=O)[O-])cc2)cc1C. The average Bonchev–Trinajstić information content (AvgIpc) is 2.42. The van der Waals surface area contributed by atoms with Crippen molar-refractivity contribution in [3.05, 3.63) is 68.8 Å². The van der Waals surface area contributed by atoms with E-state index in [1.165, 1.54) is 34.4 Å². The Morgan fingerprint density at radius 3 is 2.20 bits per heavy atom. The van der Waals surface area contributed by atoms with Gasteiger partial charge in [-0.15, -0.1) is 0 Å². The number of rotatable bonds is 4. The third-order valence-corrected chi connectivity index (χ3v) is 3.51. The van der Waals surface area contributed by atoms with Gasteiger partial charge in [0, 0.05) is 24.4 Å². The lowest BCUT2D eigenvalue weighted by Gasteiger charge is -2.11. The summed E-state index contributed by atoms with van der Waals surface area (Å²) >= 11 is 0. The van der Waals surface area contributed by atoms with Gasteiger partial charge in [-0.1, -0.05) is 12.1 Å². The van der Waals surface area contributed by atoms with Crippen LogP contribution in [0.1, 0.15) is 22.3 Å². The van der Waals surface area contributed by atoms with E-state index in [2.05, 4.69) is 38.2 Å². The second-order valence-electron chi connectivity index (χ2n) is 5.02. The Morgan fingerprint density at radius 1 is 1.00 bits per heavy atom. The lowest BCUT2D eigenvalue weighted by Crippen LogP contribution is -2.02. The summed E-state index contributed by atoms with van der Waals surface area (Å²) in [6.45, 7) is 7.02. The van der Waals surface area contributed by atoms with Crippen LogP contribution in [0.25, 0.3) is 0 Å². The molecule has 0 unspecified atom stereocenters. The fourth-order valence-electron chi connectivity index (χ4n) is 2.11. The molecule has 2 aromatic carbocycles. The van der Waals surface area contributed by atoms with Crippen LogP contribution in [-0.4, -0.2) is 4.92 Å². The molecular weight excluding hydrogens is 252 g/mol. The van der Waals surface area contributed by atoms with Crippen LogP contribution in [0, 0.1) is 30.9 Å². The molecule has 20 heavy (non-hydrogen) atoms. The summed E-state index contributed by atoms with van der Waals surface area (Å²) in [5, 5.41) is 13.9. The second-order valence-corrected chi connectivity index (χ2v) is 5.02. The summed E-state index contributed by atoms with van der Waals surface area (Å²) in [6.07, 6.45) is 0. The number of nitrogens with zero attached hydrogens (tertiary/aromatic N) is 1. The van der Waals surface area contributed by atoms with E-state index in [1.807, 2.05) is 0 Å². The van der Waals surface area contributed by atoms with E-state index in [1.54, 1.807) is 12.1 Å². The van der Waals surface area contributed by atoms with Crippen LogP contribution in [0.4, 0.5) is 11.4 Å². The lowest BCUT2D eigenvalue weighted by molar-refractivity contribution is -0.384. The molecule has 0 amide bonds. The zero-order valence-corrected chi connectivity index (χ0v) is 11.9. The van der Waals surface area contributed by atoms with Gasteiger partial charge in [0.25, 0.3) is 5.69 Å². The third kappa shape index (κ3) is 3.15. The summed E-state index contributed by atoms with van der Waals surface area (Å²) < 4.78 is 0. The number of anilines is 1. The minimum Gasteiger partial charge on any atom is -0.381 e. The number of nitrogens with one attached hydrogen (secondary N) is 1. The number of nitro benzene ring substituents is 1. The van der Waals surface area contributed by atoms with E-state index in [0.29, 0.717) is 6.54 Å². The predicted molar refractivity (Wildman–Crippen MR) is 81.1 cm³/mol. The van der Waals surface area contributed by atoms with Crippen molar-refractivity contribution in [1.82, 2.24) is 0 Å². The first-order valence-electron chi connectivity index (χ1n) is 6.52. The van der Waals surface area contributed by atoms with Crippen LogP contribution >= 0.6 is 0 Å². The molecule has 0 aromatic heterocycles. The zero-order chi connectivity index (χ0) is 14.7. The minimum atomic E-state index is -0.392. The molecule has 4 nitrogen and oxygen atoms in total. The molecule has 0 saturated heterocycles. The fourth-order valence-corrected chi connectivity index (χ4v) is 2.11. The maximum absolute atomic E-state index is 10.6. The average molecular weight is 270 g/mol. The number of non-ortho nitro benzene ring substituents is 1. The highest BCUT2D eigenvalue weighted by atomic mass is 16.6. The summed E-state index contributed by atoms with van der Waals surface area (Å²) in [5.74, 6) is 0. The van der Waals surface area contributed by atoms with Crippen molar-refractivity contribution in [2.24, 2.45) is 0 Å². The molecule has 0 radical (unpaired) electrons. The quantitative estimate of drug-likeness (QED) is 0.671. The first kappa shape index (κ1) is 14.1. The maximum atomic E-state index is 10.6. The Kier molecular flexibility index (Phi) is 4.03. The Bertz CT molecular complexity index is 634. The van der Waals surface area contributed by atoms with E-state index in [-0.39, 0.29) is 5.69 Å². The molecule has 0 aliphatic carbocycles. The van der Waals surface area contributed by atoms with Gasteiger partial charge in [0.2, 0.25) is 0 Å². The van der Waals surface area contributed by atoms with Crippen LogP contribution in [0.3, 0.4) is 0 Å². The van der Waals surface area contributed by atoms with Crippen LogP contribution < -0.4 is 5.32 Å². The smallest absolute Gasteiger partial charge is 0.269 e. The zero-order valence-electron chi connectivity index (χ0n) is 11.9. The van der Waals surface area contributed by atoms with Gasteiger partial charge in [-0.2, -0.15) is 0 Å². The molecule has 0 aliphatic rings. The maximum Gasteiger partial charge on any atom is 0.269 e. The van der Waals surface area contributed by atoms with Crippen LogP contribution in [0.15, 0.2) is 36.4 Å². The van der Waals surface area contributed by atoms with Crippen molar-refractivity contribution >= 4 is 11.4 Å². The highest BCUT2D eigenvalue weighted by Crippen LogP contribution is 2.19. The number of aryl methyl sites for hydroxylation is 3. The Morgan fingerprint density at radius 2 is 1.60 bits per heavy atom. The van der Waals surface area contributed by atoms with Gasteiger partial charge in [-0.25, -0.2) is 0 Å². The van der Waals surface area contributed by atoms with Crippen molar-refractivity contribution in [3.63, 3.8) is 0 Å². The highest BCUT2D eigenvalue weighted by molar-refractivity contribution is 5.49. The molecule has 2 rings (SSSR count). The molecule has 0 atom stereocenters. The van der Waals surface area contributed by atoms with Crippen molar-refractivity contribution in [3.8, 4) is 0 Å². The van der Waals surface area contributed by atoms with E-state index in [0.717, 1.165) is 5.69 Å². The van der Waals surface area contributed by atoms with Gasteiger partial charge < -0.3 is 5.32 Å². The van der Waals surface area contributed by atoms with Crippen molar-refractivity contribution in [2.45, 2.75) is 27.3 Å². The summed E-state index contributed by atoms with van der Waals surface area (Å²) in [5.41, 5.74) is 6.05. The van der Waals surface area contributed by atoms with Gasteiger partial charge in [-0.05, 0) is 55.2 Å². The Balaban J connectivity index is 2.09. The van der Waals surface area contributed by atoms with Crippen molar-refractivity contribution in [1.29, 1.82) is 0 Å². The number of hydrogen-bond donors (Lipinski definition) is 1. The fraction of sp³-hybridized carbons (Fsp3) is 0.250. The first-order chi connectivity index (χ1) is 9.47. The third-order valence-electron chi connectivity index (χ3n) is 3.51. The van der Waals surface area contributed by atoms with Crippen molar-refractivity contribution in [2.75, 3.05) is 5.32 Å². The standard InChI is InChI=1S/C16H18N2O2/c1-11-8-13(3)14(9-12(11)2)10-17-15-4-6-16(7-5-15)18(19)20/h4-9,17H,10H2,1-3H3. The van der Waals surface area contributed by atoms with E-state index in [9.17, 15) is 10.1 Å². The normalized spacial score (nSPS) is 10.3. The van der Waals surface area contributed by atoms with Crippen LogP contribution in [-0.2, 0) is 6.54 Å². The van der Waals surface area contributed by atoms with E-state index >= 15 is 0 Å². The molecule has 0 aliphatic heterocycles. The molecule has 0 spiro atoms. The molecule has 4 heteroatoms. The number of benzene rings is 2. The summed E-state index contributed by atoms with van der Waals surface area (Å²) in [7, 11) is 0. The number of hydrogen-bond acceptors (Lipinski definition) is 3. The van der Waals surface area contributed by atoms with Gasteiger partial charge in [0.15, 0.2) is 0 Å². The second kappa shape index (κ2) is 5.74. The monoisotopic (exact) mass is 270 g/mol. The van der Waals surface area contributed by atoms with Gasteiger partial charge in [0.1, 0.15) is 0 Å². The van der Waals surface area contributed by atoms with E-state index in [4.69, 9.17) is 0 Å². The van der Waals surface area contributed by atoms with Crippen molar-refractivity contribution < 1.29 is 4.92 Å². The van der Waals surface area contributed by atoms with Crippen LogP contribution in [0.5, 0.6) is 0 Å². The van der Waals surface area contributed by atoms with Gasteiger partial charge in [0.05, 0.1) is 4.92 Å². The summed E-state index contributed by atoms with van der Waals surface area (Å²) in [6, 6.07) is 10.8. The molecule has 0 saturated carbocycles. The molecule has 0 bridgehead atoms. The summed E-state index contributed by atoms with van der Waals surface area (Å²) in [4.78, 5) is 10.2. The molecular formula is C16H18N2O2. The molecule has 2 aromatic rings. The van der Waals surface area contributed by atoms with E-state index < -0.39 is 4.92 Å². The lowest BCUT2D eigenvalue weighted by atomic mass is 10.0. The molecule has 104 valence electrons. The number of nitro groups is 1. The van der Waals surface area contributed by atoms with Gasteiger partial charge in [-0.3, -0.25) is 10.1 Å². The first-order valence-corrected chi connectivity index (χ1v) is 6.52. The van der Waals surface area contributed by atoms with Crippen LogP contribution in [0.2, 0.25) is 0 Å². The molecule has 0 fully saturated rings. The Labute approximate surface area is 118 Å². The largest absolute Gasteiger partial charge is 0.381 e. The highest BCUT2D eigenvalue weighted by Gasteiger charge is 2.05. The minimum absolute atomic E-state index is 0.109. The molecule has 0 heterocycles. The molecule has 1 N–H and O–H groups in total. The van der Waals surface area contributed by atoms with Gasteiger partial charge >= 0.3 is 0 Å². The Hall–Kier alpha value is -2.36. The predicted octanol–water partition coefficient (Wildman–Crippen LogP) is 4.13. The topological polar surface area (TPSA) is 55.2 Å².